The summed E-state index contributed by atoms with van der Waals surface area (Å²) in [5, 5.41) is 6.42. The molecule has 2 unspecified atom stereocenters. The van der Waals surface area contributed by atoms with E-state index in [1.54, 1.807) is 12.1 Å². The molecule has 2 rings (SSSR count). The highest BCUT2D eigenvalue weighted by Crippen LogP contribution is 2.22. The largest absolute Gasteiger partial charge is 0.349 e. The van der Waals surface area contributed by atoms with Crippen molar-refractivity contribution >= 4 is 41.3 Å². The van der Waals surface area contributed by atoms with Crippen molar-refractivity contribution in [2.24, 2.45) is 5.92 Å². The van der Waals surface area contributed by atoms with Gasteiger partial charge in [0.25, 0.3) is 5.91 Å². The number of nitrogens with one attached hydrogen (secondary N) is 2. The van der Waals surface area contributed by atoms with Gasteiger partial charge in [0.1, 0.15) is 0 Å². The first kappa shape index (κ1) is 15.8. The zero-order valence-corrected chi connectivity index (χ0v) is 12.6. The SMILES string of the molecule is CC(NC(=O)c1ccc(Cl)s1)C1CCCNC1.Cl. The Balaban J connectivity index is 0.00000162. The van der Waals surface area contributed by atoms with Crippen LogP contribution in [0.4, 0.5) is 0 Å². The molecule has 1 aromatic heterocycles. The lowest BCUT2D eigenvalue weighted by atomic mass is 9.93. The van der Waals surface area contributed by atoms with Crippen molar-refractivity contribution in [3.8, 4) is 0 Å². The number of carbonyl (C=O) groups is 1. The maximum absolute atomic E-state index is 11.9. The molecule has 0 spiro atoms. The zero-order chi connectivity index (χ0) is 12.3. The Hall–Kier alpha value is -0.290. The quantitative estimate of drug-likeness (QED) is 0.901. The summed E-state index contributed by atoms with van der Waals surface area (Å²) in [6.07, 6.45) is 2.37. The highest BCUT2D eigenvalue weighted by molar-refractivity contribution is 7.17. The summed E-state index contributed by atoms with van der Waals surface area (Å²) in [7, 11) is 0. The van der Waals surface area contributed by atoms with E-state index in [1.807, 2.05) is 0 Å². The third kappa shape index (κ3) is 4.12. The third-order valence-electron chi connectivity index (χ3n) is 3.20. The summed E-state index contributed by atoms with van der Waals surface area (Å²) in [6, 6.07) is 3.73. The van der Waals surface area contributed by atoms with Crippen LogP contribution < -0.4 is 10.6 Å². The van der Waals surface area contributed by atoms with Gasteiger partial charge in [-0.1, -0.05) is 11.6 Å². The molecule has 6 heteroatoms. The molecule has 0 aromatic carbocycles. The van der Waals surface area contributed by atoms with Crippen molar-refractivity contribution in [1.82, 2.24) is 10.6 Å². The second kappa shape index (κ2) is 7.34. The van der Waals surface area contributed by atoms with Crippen LogP contribution in [0, 0.1) is 5.92 Å². The van der Waals surface area contributed by atoms with Gasteiger partial charge in [-0.25, -0.2) is 0 Å². The summed E-state index contributed by atoms with van der Waals surface area (Å²) < 4.78 is 0.655. The van der Waals surface area contributed by atoms with E-state index in [0.29, 0.717) is 15.1 Å². The van der Waals surface area contributed by atoms with Crippen molar-refractivity contribution in [3.05, 3.63) is 21.3 Å². The van der Waals surface area contributed by atoms with Crippen LogP contribution in [0.5, 0.6) is 0 Å². The van der Waals surface area contributed by atoms with Crippen LogP contribution in [0.15, 0.2) is 12.1 Å². The maximum Gasteiger partial charge on any atom is 0.261 e. The van der Waals surface area contributed by atoms with Crippen LogP contribution in [0.3, 0.4) is 0 Å². The minimum atomic E-state index is -0.0139. The fourth-order valence-corrected chi connectivity index (χ4v) is 3.08. The predicted octanol–water partition coefficient (Wildman–Crippen LogP) is 2.94. The van der Waals surface area contributed by atoms with Gasteiger partial charge >= 0.3 is 0 Å². The number of amides is 1. The fraction of sp³-hybridized carbons (Fsp3) is 0.583. The molecule has 1 aromatic rings. The average Bonchev–Trinajstić information content (AvgIpc) is 2.77. The van der Waals surface area contributed by atoms with Gasteiger partial charge in [0, 0.05) is 6.04 Å². The van der Waals surface area contributed by atoms with E-state index in [-0.39, 0.29) is 24.4 Å². The van der Waals surface area contributed by atoms with Crippen LogP contribution in [0.25, 0.3) is 0 Å². The Bertz CT molecular complexity index is 391. The number of piperidine rings is 1. The topological polar surface area (TPSA) is 41.1 Å². The molecule has 18 heavy (non-hydrogen) atoms. The Kier molecular flexibility index (Phi) is 6.43. The molecule has 0 aliphatic carbocycles. The van der Waals surface area contributed by atoms with Gasteiger partial charge in [-0.3, -0.25) is 4.79 Å². The fourth-order valence-electron chi connectivity index (χ4n) is 2.14. The number of hydrogen-bond donors (Lipinski definition) is 2. The molecule has 2 heterocycles. The number of rotatable bonds is 3. The summed E-state index contributed by atoms with van der Waals surface area (Å²) in [5.41, 5.74) is 0. The summed E-state index contributed by atoms with van der Waals surface area (Å²) in [5.74, 6) is 0.517. The van der Waals surface area contributed by atoms with Crippen molar-refractivity contribution in [2.75, 3.05) is 13.1 Å². The van der Waals surface area contributed by atoms with Gasteiger partial charge in [-0.15, -0.1) is 23.7 Å². The first-order chi connectivity index (χ1) is 8.16. The van der Waals surface area contributed by atoms with Crippen LogP contribution in [0.2, 0.25) is 4.34 Å². The first-order valence-corrected chi connectivity index (χ1v) is 7.13. The lowest BCUT2D eigenvalue weighted by molar-refractivity contribution is 0.0926. The standard InChI is InChI=1S/C12H17ClN2OS.ClH/c1-8(9-3-2-6-14-7-9)15-12(16)10-4-5-11(13)17-10;/h4-5,8-9,14H,2-3,6-7H2,1H3,(H,15,16);1H. The van der Waals surface area contributed by atoms with Gasteiger partial charge in [0.05, 0.1) is 9.21 Å². The normalized spacial score (nSPS) is 20.9. The van der Waals surface area contributed by atoms with E-state index >= 15 is 0 Å². The Morgan fingerprint density at radius 3 is 2.94 bits per heavy atom. The smallest absolute Gasteiger partial charge is 0.261 e. The lowest BCUT2D eigenvalue weighted by Crippen LogP contribution is -2.44. The number of carbonyl (C=O) groups excluding carboxylic acids is 1. The lowest BCUT2D eigenvalue weighted by Gasteiger charge is -2.28. The zero-order valence-electron chi connectivity index (χ0n) is 10.2. The van der Waals surface area contributed by atoms with Gasteiger partial charge < -0.3 is 10.6 Å². The second-order valence-corrected chi connectivity index (χ2v) is 6.19. The van der Waals surface area contributed by atoms with Crippen LogP contribution in [-0.2, 0) is 0 Å². The monoisotopic (exact) mass is 308 g/mol. The van der Waals surface area contributed by atoms with Gasteiger partial charge in [-0.05, 0) is 50.9 Å². The second-order valence-electron chi connectivity index (χ2n) is 4.47. The molecule has 1 aliphatic heterocycles. The molecule has 1 aliphatic rings. The number of halogens is 2. The summed E-state index contributed by atoms with van der Waals surface area (Å²) >= 11 is 7.14. The molecule has 2 N–H and O–H groups in total. The molecule has 3 nitrogen and oxygen atoms in total. The minimum absolute atomic E-state index is 0. The molecule has 1 saturated heterocycles. The Morgan fingerprint density at radius 1 is 1.61 bits per heavy atom. The number of hydrogen-bond acceptors (Lipinski definition) is 3. The predicted molar refractivity (Wildman–Crippen MR) is 79.1 cm³/mol. The van der Waals surface area contributed by atoms with Crippen molar-refractivity contribution in [3.63, 3.8) is 0 Å². The van der Waals surface area contributed by atoms with Crippen LogP contribution in [0.1, 0.15) is 29.4 Å². The average molecular weight is 309 g/mol. The summed E-state index contributed by atoms with van der Waals surface area (Å²) in [6.45, 7) is 4.16. The van der Waals surface area contributed by atoms with Gasteiger partial charge in [0.15, 0.2) is 0 Å². The van der Waals surface area contributed by atoms with Crippen LogP contribution >= 0.6 is 35.3 Å². The highest BCUT2D eigenvalue weighted by Gasteiger charge is 2.22. The van der Waals surface area contributed by atoms with E-state index in [0.717, 1.165) is 13.1 Å². The molecule has 0 bridgehead atoms. The molecule has 2 atom stereocenters. The van der Waals surface area contributed by atoms with Gasteiger partial charge in [-0.2, -0.15) is 0 Å². The van der Waals surface area contributed by atoms with E-state index in [4.69, 9.17) is 11.6 Å². The molecule has 1 amide bonds. The molecule has 0 radical (unpaired) electrons. The maximum atomic E-state index is 11.9. The summed E-state index contributed by atoms with van der Waals surface area (Å²) in [4.78, 5) is 12.6. The van der Waals surface area contributed by atoms with Crippen molar-refractivity contribution in [1.29, 1.82) is 0 Å². The Labute approximate surface area is 123 Å². The van der Waals surface area contributed by atoms with Gasteiger partial charge in [0.2, 0.25) is 0 Å². The molecule has 0 saturated carbocycles. The molecule has 1 fully saturated rings. The van der Waals surface area contributed by atoms with Crippen LogP contribution in [-0.4, -0.2) is 25.0 Å². The van der Waals surface area contributed by atoms with E-state index < -0.39 is 0 Å². The molecular weight excluding hydrogens is 291 g/mol. The van der Waals surface area contributed by atoms with Crippen molar-refractivity contribution in [2.45, 2.75) is 25.8 Å². The van der Waals surface area contributed by atoms with Crippen molar-refractivity contribution < 1.29 is 4.79 Å². The Morgan fingerprint density at radius 2 is 2.39 bits per heavy atom. The van der Waals surface area contributed by atoms with E-state index in [2.05, 4.69) is 17.6 Å². The minimum Gasteiger partial charge on any atom is -0.349 e. The highest BCUT2D eigenvalue weighted by atomic mass is 35.5. The molecule has 102 valence electrons. The third-order valence-corrected chi connectivity index (χ3v) is 4.43. The molecular formula is C12H18Cl2N2OS. The first-order valence-electron chi connectivity index (χ1n) is 5.94. The number of thiophene rings is 1. The van der Waals surface area contributed by atoms with E-state index in [9.17, 15) is 4.79 Å². The van der Waals surface area contributed by atoms with E-state index in [1.165, 1.54) is 24.2 Å².